The van der Waals surface area contributed by atoms with Crippen molar-refractivity contribution >= 4 is 23.5 Å². The fourth-order valence-corrected chi connectivity index (χ4v) is 4.75. The van der Waals surface area contributed by atoms with Crippen molar-refractivity contribution in [1.82, 2.24) is 5.32 Å². The standard InChI is InChI=1S/C14H19F2NO2S2/c1-18-12-4-2-3-10(13(12)19-14(15)16)7-17-8-11-9-20-5-6-21-11/h2-4,11,14,17H,5-9H2,1H3. The average molecular weight is 335 g/mol. The molecule has 1 fully saturated rings. The zero-order valence-electron chi connectivity index (χ0n) is 11.8. The molecule has 3 nitrogen and oxygen atoms in total. The van der Waals surface area contributed by atoms with Crippen LogP contribution >= 0.6 is 23.5 Å². The van der Waals surface area contributed by atoms with E-state index in [0.29, 0.717) is 23.1 Å². The molecule has 0 spiro atoms. The van der Waals surface area contributed by atoms with Gasteiger partial charge in [-0.2, -0.15) is 32.3 Å². The van der Waals surface area contributed by atoms with E-state index in [1.807, 2.05) is 23.5 Å². The number of para-hydroxylation sites is 1. The highest BCUT2D eigenvalue weighted by Crippen LogP contribution is 2.32. The smallest absolute Gasteiger partial charge is 0.387 e. The molecule has 1 aromatic carbocycles. The highest BCUT2D eigenvalue weighted by atomic mass is 32.2. The van der Waals surface area contributed by atoms with E-state index >= 15 is 0 Å². The first-order chi connectivity index (χ1) is 10.2. The van der Waals surface area contributed by atoms with Gasteiger partial charge in [-0.05, 0) is 6.07 Å². The van der Waals surface area contributed by atoms with Crippen LogP contribution in [0.5, 0.6) is 11.5 Å². The maximum atomic E-state index is 12.5. The van der Waals surface area contributed by atoms with E-state index in [0.717, 1.165) is 12.3 Å². The van der Waals surface area contributed by atoms with Gasteiger partial charge < -0.3 is 14.8 Å². The second-order valence-electron chi connectivity index (χ2n) is 4.53. The minimum Gasteiger partial charge on any atom is -0.493 e. The van der Waals surface area contributed by atoms with Crippen molar-refractivity contribution in [3.8, 4) is 11.5 Å². The highest BCUT2D eigenvalue weighted by molar-refractivity contribution is 8.06. The normalized spacial score (nSPS) is 18.8. The topological polar surface area (TPSA) is 30.5 Å². The fourth-order valence-electron chi connectivity index (χ4n) is 2.11. The van der Waals surface area contributed by atoms with Crippen molar-refractivity contribution in [1.29, 1.82) is 0 Å². The molecular formula is C14H19F2NO2S2. The van der Waals surface area contributed by atoms with Gasteiger partial charge in [-0.25, -0.2) is 0 Å². The number of alkyl halides is 2. The van der Waals surface area contributed by atoms with Gasteiger partial charge in [0.15, 0.2) is 11.5 Å². The predicted octanol–water partition coefficient (Wildman–Crippen LogP) is 3.23. The Morgan fingerprint density at radius 1 is 1.38 bits per heavy atom. The quantitative estimate of drug-likeness (QED) is 0.827. The molecule has 1 atom stereocenters. The summed E-state index contributed by atoms with van der Waals surface area (Å²) in [6.45, 7) is -1.50. The summed E-state index contributed by atoms with van der Waals surface area (Å²) in [4.78, 5) is 0. The summed E-state index contributed by atoms with van der Waals surface area (Å²) in [6.07, 6.45) is 0. The summed E-state index contributed by atoms with van der Waals surface area (Å²) in [5.41, 5.74) is 0.683. The number of halogens is 2. The van der Waals surface area contributed by atoms with Crippen molar-refractivity contribution in [2.45, 2.75) is 18.4 Å². The number of hydrogen-bond donors (Lipinski definition) is 1. The van der Waals surface area contributed by atoms with E-state index in [9.17, 15) is 8.78 Å². The van der Waals surface area contributed by atoms with Gasteiger partial charge in [-0.3, -0.25) is 0 Å². The molecule has 2 rings (SSSR count). The summed E-state index contributed by atoms with van der Waals surface area (Å²) in [6, 6.07) is 5.17. The molecule has 1 saturated heterocycles. The molecule has 0 bridgehead atoms. The van der Waals surface area contributed by atoms with Crippen LogP contribution in [-0.2, 0) is 6.54 Å². The summed E-state index contributed by atoms with van der Waals surface area (Å²) >= 11 is 3.92. The first kappa shape index (κ1) is 16.7. The third kappa shape index (κ3) is 5.23. The minimum atomic E-state index is -2.86. The fraction of sp³-hybridized carbons (Fsp3) is 0.571. The zero-order chi connectivity index (χ0) is 15.1. The SMILES string of the molecule is COc1cccc(CNCC2CSCCS2)c1OC(F)F. The summed E-state index contributed by atoms with van der Waals surface area (Å²) < 4.78 is 34.7. The van der Waals surface area contributed by atoms with E-state index in [4.69, 9.17) is 4.74 Å². The van der Waals surface area contributed by atoms with Gasteiger partial charge in [-0.15, -0.1) is 0 Å². The van der Waals surface area contributed by atoms with Crippen LogP contribution in [0.2, 0.25) is 0 Å². The molecule has 1 unspecified atom stereocenters. The van der Waals surface area contributed by atoms with E-state index in [-0.39, 0.29) is 5.75 Å². The molecule has 1 aliphatic heterocycles. The molecule has 1 aromatic rings. The Labute approximate surface area is 132 Å². The second-order valence-corrected chi connectivity index (χ2v) is 7.08. The molecule has 118 valence electrons. The van der Waals surface area contributed by atoms with E-state index < -0.39 is 6.61 Å². The third-order valence-electron chi connectivity index (χ3n) is 3.06. The summed E-state index contributed by atoms with van der Waals surface area (Å²) in [5, 5.41) is 3.90. The minimum absolute atomic E-state index is 0.119. The Morgan fingerprint density at radius 2 is 2.24 bits per heavy atom. The van der Waals surface area contributed by atoms with Crippen LogP contribution in [0.15, 0.2) is 18.2 Å². The second kappa shape index (κ2) is 8.70. The van der Waals surface area contributed by atoms with Gasteiger partial charge in [0.1, 0.15) is 0 Å². The van der Waals surface area contributed by atoms with E-state index in [1.54, 1.807) is 18.2 Å². The number of benzene rings is 1. The van der Waals surface area contributed by atoms with Crippen LogP contribution in [0.4, 0.5) is 8.78 Å². The van der Waals surface area contributed by atoms with Crippen molar-refractivity contribution in [2.75, 3.05) is 30.9 Å². The lowest BCUT2D eigenvalue weighted by molar-refractivity contribution is -0.0518. The number of thioether (sulfide) groups is 2. The first-order valence-electron chi connectivity index (χ1n) is 6.71. The highest BCUT2D eigenvalue weighted by Gasteiger charge is 2.17. The van der Waals surface area contributed by atoms with Crippen molar-refractivity contribution in [3.63, 3.8) is 0 Å². The molecule has 1 heterocycles. The van der Waals surface area contributed by atoms with Crippen molar-refractivity contribution < 1.29 is 18.3 Å². The number of nitrogens with one attached hydrogen (secondary N) is 1. The zero-order valence-corrected chi connectivity index (χ0v) is 13.4. The molecular weight excluding hydrogens is 316 g/mol. The number of methoxy groups -OCH3 is 1. The van der Waals surface area contributed by atoms with Gasteiger partial charge >= 0.3 is 6.61 Å². The molecule has 21 heavy (non-hydrogen) atoms. The third-order valence-corrected chi connectivity index (χ3v) is 5.90. The van der Waals surface area contributed by atoms with Crippen molar-refractivity contribution in [3.05, 3.63) is 23.8 Å². The molecule has 0 aromatic heterocycles. The van der Waals surface area contributed by atoms with Crippen LogP contribution in [0.25, 0.3) is 0 Å². The molecule has 0 aliphatic carbocycles. The van der Waals surface area contributed by atoms with Crippen LogP contribution in [0.3, 0.4) is 0 Å². The van der Waals surface area contributed by atoms with Crippen molar-refractivity contribution in [2.24, 2.45) is 0 Å². The van der Waals surface area contributed by atoms with Gasteiger partial charge in [0, 0.05) is 41.2 Å². The summed E-state index contributed by atoms with van der Waals surface area (Å²) in [7, 11) is 1.45. The van der Waals surface area contributed by atoms with Gasteiger partial charge in [0.2, 0.25) is 0 Å². The lowest BCUT2D eigenvalue weighted by Crippen LogP contribution is -2.28. The Kier molecular flexibility index (Phi) is 6.92. The summed E-state index contributed by atoms with van der Waals surface area (Å²) in [5.74, 6) is 3.97. The average Bonchev–Trinajstić information content (AvgIpc) is 2.49. The molecule has 7 heteroatoms. The van der Waals surface area contributed by atoms with Crippen LogP contribution in [0, 0.1) is 0 Å². The maximum absolute atomic E-state index is 12.5. The molecule has 1 N–H and O–H groups in total. The Balaban J connectivity index is 1.94. The monoisotopic (exact) mass is 335 g/mol. The Morgan fingerprint density at radius 3 is 2.90 bits per heavy atom. The Bertz CT molecular complexity index is 443. The Hall–Kier alpha value is -0.660. The molecule has 0 saturated carbocycles. The van der Waals surface area contributed by atoms with Gasteiger partial charge in [0.05, 0.1) is 7.11 Å². The molecule has 1 aliphatic rings. The first-order valence-corrected chi connectivity index (χ1v) is 8.91. The molecule has 0 radical (unpaired) electrons. The predicted molar refractivity (Wildman–Crippen MR) is 84.9 cm³/mol. The number of ether oxygens (including phenoxy) is 2. The van der Waals surface area contributed by atoms with Crippen LogP contribution in [-0.4, -0.2) is 42.8 Å². The number of rotatable bonds is 7. The molecule has 0 amide bonds. The van der Waals surface area contributed by atoms with Gasteiger partial charge in [-0.1, -0.05) is 12.1 Å². The lowest BCUT2D eigenvalue weighted by atomic mass is 10.2. The maximum Gasteiger partial charge on any atom is 0.387 e. The van der Waals surface area contributed by atoms with Gasteiger partial charge in [0.25, 0.3) is 0 Å². The van der Waals surface area contributed by atoms with Crippen LogP contribution in [0.1, 0.15) is 5.56 Å². The largest absolute Gasteiger partial charge is 0.493 e. The lowest BCUT2D eigenvalue weighted by Gasteiger charge is -2.21. The van der Waals surface area contributed by atoms with E-state index in [1.165, 1.54) is 18.6 Å². The van der Waals surface area contributed by atoms with E-state index in [2.05, 4.69) is 10.1 Å². The van der Waals surface area contributed by atoms with Crippen LogP contribution < -0.4 is 14.8 Å². The number of hydrogen-bond acceptors (Lipinski definition) is 5.